The summed E-state index contributed by atoms with van der Waals surface area (Å²) in [6, 6.07) is 4.30. The fraction of sp³-hybridized carbons (Fsp3) is 0.500. The van der Waals surface area contributed by atoms with Crippen LogP contribution in [0.5, 0.6) is 5.75 Å². The zero-order valence-electron chi connectivity index (χ0n) is 11.6. The summed E-state index contributed by atoms with van der Waals surface area (Å²) in [6.07, 6.45) is 1.03. The highest BCUT2D eigenvalue weighted by Gasteiger charge is 2.08. The minimum Gasteiger partial charge on any atom is -0.493 e. The summed E-state index contributed by atoms with van der Waals surface area (Å²) in [5, 5.41) is 0. The molecule has 19 heavy (non-hydrogen) atoms. The van der Waals surface area contributed by atoms with Gasteiger partial charge in [-0.05, 0) is 19.4 Å². The Morgan fingerprint density at radius 3 is 2.68 bits per heavy atom. The topological polar surface area (TPSA) is 55.6 Å². The first-order valence-electron chi connectivity index (χ1n) is 6.29. The van der Waals surface area contributed by atoms with Crippen LogP contribution in [0.4, 0.5) is 4.39 Å². The number of nitrogens with two attached hydrogens (primary N) is 1. The van der Waals surface area contributed by atoms with Crippen LogP contribution in [0.1, 0.15) is 31.4 Å². The first-order valence-corrected chi connectivity index (χ1v) is 6.29. The average molecular weight is 268 g/mol. The number of carbonyl (C=O) groups excluding carboxylic acids is 1. The van der Waals surface area contributed by atoms with Crippen LogP contribution < -0.4 is 10.5 Å². The van der Waals surface area contributed by atoms with Crippen LogP contribution >= 0.6 is 0 Å². The van der Waals surface area contributed by atoms with E-state index >= 15 is 0 Å². The molecule has 5 heteroatoms. The molecule has 1 atom stereocenters. The predicted octanol–water partition coefficient (Wildman–Crippen LogP) is 2.09. The van der Waals surface area contributed by atoms with Crippen LogP contribution in [0.25, 0.3) is 0 Å². The van der Waals surface area contributed by atoms with Gasteiger partial charge in [0.1, 0.15) is 11.6 Å². The standard InChI is InChI=1S/C14H21FN2O2/c1-10(16)12-7-6-11(9-13(12)15)19-8-4-5-14(18)17(2)3/h6-7,9-10H,4-5,8,16H2,1-3H3/t10-/m0/s1. The van der Waals surface area contributed by atoms with Crippen LogP contribution in [0, 0.1) is 5.82 Å². The molecule has 0 spiro atoms. The maximum atomic E-state index is 13.6. The van der Waals surface area contributed by atoms with Crippen molar-refractivity contribution >= 4 is 5.91 Å². The molecule has 0 saturated heterocycles. The maximum Gasteiger partial charge on any atom is 0.222 e. The van der Waals surface area contributed by atoms with E-state index in [9.17, 15) is 9.18 Å². The Hall–Kier alpha value is -1.62. The molecule has 1 amide bonds. The fourth-order valence-electron chi connectivity index (χ4n) is 1.60. The second kappa shape index (κ2) is 7.09. The number of halogens is 1. The molecule has 0 fully saturated rings. The Morgan fingerprint density at radius 1 is 1.47 bits per heavy atom. The van der Waals surface area contributed by atoms with Crippen molar-refractivity contribution in [2.24, 2.45) is 5.73 Å². The number of carbonyl (C=O) groups is 1. The van der Waals surface area contributed by atoms with Gasteiger partial charge in [-0.25, -0.2) is 4.39 Å². The zero-order chi connectivity index (χ0) is 14.4. The molecular weight excluding hydrogens is 247 g/mol. The van der Waals surface area contributed by atoms with Crippen molar-refractivity contribution in [3.05, 3.63) is 29.6 Å². The van der Waals surface area contributed by atoms with E-state index in [2.05, 4.69) is 0 Å². The van der Waals surface area contributed by atoms with Crippen molar-refractivity contribution in [1.82, 2.24) is 4.90 Å². The second-order valence-electron chi connectivity index (χ2n) is 4.71. The fourth-order valence-corrected chi connectivity index (χ4v) is 1.60. The first kappa shape index (κ1) is 15.4. The number of benzene rings is 1. The molecule has 2 N–H and O–H groups in total. The Labute approximate surface area is 113 Å². The lowest BCUT2D eigenvalue weighted by atomic mass is 10.1. The molecule has 0 bridgehead atoms. The van der Waals surface area contributed by atoms with Crippen molar-refractivity contribution in [3.8, 4) is 5.75 Å². The van der Waals surface area contributed by atoms with Gasteiger partial charge in [-0.2, -0.15) is 0 Å². The summed E-state index contributed by atoms with van der Waals surface area (Å²) < 4.78 is 19.0. The summed E-state index contributed by atoms with van der Waals surface area (Å²) in [7, 11) is 3.43. The molecule has 1 rings (SSSR count). The molecule has 0 unspecified atom stereocenters. The third-order valence-corrected chi connectivity index (χ3v) is 2.76. The van der Waals surface area contributed by atoms with Gasteiger partial charge in [-0.1, -0.05) is 6.07 Å². The second-order valence-corrected chi connectivity index (χ2v) is 4.71. The Kier molecular flexibility index (Phi) is 5.76. The third-order valence-electron chi connectivity index (χ3n) is 2.76. The summed E-state index contributed by atoms with van der Waals surface area (Å²) in [6.45, 7) is 2.11. The normalized spacial score (nSPS) is 12.1. The van der Waals surface area contributed by atoms with Crippen molar-refractivity contribution in [2.45, 2.75) is 25.8 Å². The minimum atomic E-state index is -0.364. The lowest BCUT2D eigenvalue weighted by Gasteiger charge is -2.12. The van der Waals surface area contributed by atoms with Crippen LogP contribution in [0.15, 0.2) is 18.2 Å². The summed E-state index contributed by atoms with van der Waals surface area (Å²) in [5.41, 5.74) is 6.09. The molecular formula is C14H21FN2O2. The zero-order valence-corrected chi connectivity index (χ0v) is 11.6. The number of hydrogen-bond acceptors (Lipinski definition) is 3. The van der Waals surface area contributed by atoms with Gasteiger partial charge >= 0.3 is 0 Å². The van der Waals surface area contributed by atoms with Gasteiger partial charge < -0.3 is 15.4 Å². The molecule has 1 aromatic rings. The highest BCUT2D eigenvalue weighted by atomic mass is 19.1. The monoisotopic (exact) mass is 268 g/mol. The molecule has 0 radical (unpaired) electrons. The predicted molar refractivity (Wildman–Crippen MR) is 72.4 cm³/mol. The molecule has 0 saturated carbocycles. The van der Waals surface area contributed by atoms with Gasteiger partial charge in [-0.3, -0.25) is 4.79 Å². The summed E-state index contributed by atoms with van der Waals surface area (Å²) >= 11 is 0. The van der Waals surface area contributed by atoms with E-state index in [4.69, 9.17) is 10.5 Å². The molecule has 0 aliphatic carbocycles. The Morgan fingerprint density at radius 2 is 2.16 bits per heavy atom. The number of ether oxygens (including phenoxy) is 1. The van der Waals surface area contributed by atoms with E-state index in [1.165, 1.54) is 11.0 Å². The van der Waals surface area contributed by atoms with Gasteiger partial charge in [0.25, 0.3) is 0 Å². The number of amides is 1. The summed E-state index contributed by atoms with van der Waals surface area (Å²) in [5.74, 6) is 0.151. The molecule has 0 heterocycles. The average Bonchev–Trinajstić information content (AvgIpc) is 2.33. The van der Waals surface area contributed by atoms with E-state index in [0.717, 1.165) is 0 Å². The SMILES string of the molecule is C[C@H](N)c1ccc(OCCCC(=O)N(C)C)cc1F. The smallest absolute Gasteiger partial charge is 0.222 e. The molecule has 0 aliphatic heterocycles. The molecule has 1 aromatic carbocycles. The molecule has 4 nitrogen and oxygen atoms in total. The third kappa shape index (κ3) is 4.87. The number of nitrogens with zero attached hydrogens (tertiary/aromatic N) is 1. The summed E-state index contributed by atoms with van der Waals surface area (Å²) in [4.78, 5) is 12.9. The van der Waals surface area contributed by atoms with Crippen LogP contribution in [-0.2, 0) is 4.79 Å². The quantitative estimate of drug-likeness (QED) is 0.804. The highest BCUT2D eigenvalue weighted by molar-refractivity contribution is 5.75. The Bertz CT molecular complexity index is 433. The first-order chi connectivity index (χ1) is 8.91. The van der Waals surface area contributed by atoms with Gasteiger partial charge in [0.15, 0.2) is 0 Å². The van der Waals surface area contributed by atoms with Crippen molar-refractivity contribution in [1.29, 1.82) is 0 Å². The lowest BCUT2D eigenvalue weighted by molar-refractivity contribution is -0.128. The highest BCUT2D eigenvalue weighted by Crippen LogP contribution is 2.20. The molecule has 106 valence electrons. The van der Waals surface area contributed by atoms with Crippen LogP contribution in [0.2, 0.25) is 0 Å². The van der Waals surface area contributed by atoms with E-state index < -0.39 is 0 Å². The van der Waals surface area contributed by atoms with E-state index in [1.54, 1.807) is 33.2 Å². The van der Waals surface area contributed by atoms with Crippen molar-refractivity contribution in [3.63, 3.8) is 0 Å². The van der Waals surface area contributed by atoms with Crippen LogP contribution in [-0.4, -0.2) is 31.5 Å². The van der Waals surface area contributed by atoms with Crippen LogP contribution in [0.3, 0.4) is 0 Å². The van der Waals surface area contributed by atoms with E-state index in [-0.39, 0.29) is 17.8 Å². The van der Waals surface area contributed by atoms with Crippen molar-refractivity contribution in [2.75, 3.05) is 20.7 Å². The molecule has 0 aliphatic rings. The maximum absolute atomic E-state index is 13.6. The minimum absolute atomic E-state index is 0.0575. The van der Waals surface area contributed by atoms with Gasteiger partial charge in [0.2, 0.25) is 5.91 Å². The lowest BCUT2D eigenvalue weighted by Crippen LogP contribution is -2.21. The van der Waals surface area contributed by atoms with Gasteiger partial charge in [0, 0.05) is 38.2 Å². The van der Waals surface area contributed by atoms with Crippen molar-refractivity contribution < 1.29 is 13.9 Å². The number of rotatable bonds is 6. The molecule has 0 aromatic heterocycles. The number of hydrogen-bond donors (Lipinski definition) is 1. The largest absolute Gasteiger partial charge is 0.493 e. The van der Waals surface area contributed by atoms with E-state index in [0.29, 0.717) is 30.8 Å². The Balaban J connectivity index is 2.42. The van der Waals surface area contributed by atoms with Gasteiger partial charge in [0.05, 0.1) is 6.61 Å². The van der Waals surface area contributed by atoms with Gasteiger partial charge in [-0.15, -0.1) is 0 Å². The van der Waals surface area contributed by atoms with E-state index in [1.807, 2.05) is 0 Å².